The third-order valence-corrected chi connectivity index (χ3v) is 6.11. The standard InChI is InChI=1S/C23H33N7O/c1-17(16-27(3)4)30-10-9-19-15-24-23(26-22(19)30)25-20-5-7-21(8-6-20)29-13-11-28(12-14-29)18(2)31/h5-8,15,17H,9-14,16H2,1-4H3,(H,24,25,26). The highest BCUT2D eigenvalue weighted by Crippen LogP contribution is 2.29. The third kappa shape index (κ3) is 4.90. The lowest BCUT2D eigenvalue weighted by atomic mass is 10.2. The van der Waals surface area contributed by atoms with E-state index in [9.17, 15) is 4.79 Å². The number of piperazine rings is 1. The van der Waals surface area contributed by atoms with Crippen LogP contribution in [0.3, 0.4) is 0 Å². The van der Waals surface area contributed by atoms with E-state index >= 15 is 0 Å². The zero-order valence-corrected chi connectivity index (χ0v) is 19.0. The number of rotatable bonds is 6. The summed E-state index contributed by atoms with van der Waals surface area (Å²) < 4.78 is 0. The molecule has 166 valence electrons. The number of nitrogens with one attached hydrogen (secondary N) is 1. The zero-order valence-electron chi connectivity index (χ0n) is 19.0. The summed E-state index contributed by atoms with van der Waals surface area (Å²) in [6.45, 7) is 9.16. The van der Waals surface area contributed by atoms with E-state index in [1.807, 2.05) is 11.1 Å². The number of benzene rings is 1. The Morgan fingerprint density at radius 3 is 2.48 bits per heavy atom. The van der Waals surface area contributed by atoms with Gasteiger partial charge in [-0.3, -0.25) is 4.79 Å². The van der Waals surface area contributed by atoms with Crippen LogP contribution in [-0.4, -0.2) is 85.1 Å². The minimum atomic E-state index is 0.156. The fourth-order valence-corrected chi connectivity index (χ4v) is 4.45. The lowest BCUT2D eigenvalue weighted by Gasteiger charge is -2.35. The van der Waals surface area contributed by atoms with Crippen LogP contribution in [0, 0.1) is 0 Å². The Balaban J connectivity index is 1.41. The van der Waals surface area contributed by atoms with Crippen molar-refractivity contribution in [3.05, 3.63) is 36.0 Å². The molecule has 31 heavy (non-hydrogen) atoms. The Morgan fingerprint density at radius 1 is 1.13 bits per heavy atom. The molecule has 1 amide bonds. The molecule has 8 nitrogen and oxygen atoms in total. The first-order chi connectivity index (χ1) is 14.9. The minimum absolute atomic E-state index is 0.156. The van der Waals surface area contributed by atoms with E-state index in [0.717, 1.165) is 57.2 Å². The molecule has 1 atom stereocenters. The van der Waals surface area contributed by atoms with Gasteiger partial charge in [-0.2, -0.15) is 4.98 Å². The lowest BCUT2D eigenvalue weighted by molar-refractivity contribution is -0.129. The number of nitrogens with zero attached hydrogens (tertiary/aromatic N) is 6. The van der Waals surface area contributed by atoms with Crippen molar-refractivity contribution >= 4 is 29.0 Å². The molecule has 0 saturated carbocycles. The summed E-state index contributed by atoms with van der Waals surface area (Å²) in [7, 11) is 4.21. The highest BCUT2D eigenvalue weighted by molar-refractivity contribution is 5.73. The van der Waals surface area contributed by atoms with Gasteiger partial charge < -0.3 is 24.9 Å². The van der Waals surface area contributed by atoms with Gasteiger partial charge in [0.25, 0.3) is 0 Å². The fourth-order valence-electron chi connectivity index (χ4n) is 4.45. The molecule has 0 aliphatic carbocycles. The van der Waals surface area contributed by atoms with Gasteiger partial charge in [0.15, 0.2) is 0 Å². The van der Waals surface area contributed by atoms with Crippen molar-refractivity contribution < 1.29 is 4.79 Å². The molecule has 2 aliphatic heterocycles. The first-order valence-corrected chi connectivity index (χ1v) is 11.1. The van der Waals surface area contributed by atoms with Gasteiger partial charge >= 0.3 is 0 Å². The summed E-state index contributed by atoms with van der Waals surface area (Å²) in [5.74, 6) is 1.83. The number of anilines is 4. The Hall–Kier alpha value is -2.87. The number of fused-ring (bicyclic) bond motifs is 1. The highest BCUT2D eigenvalue weighted by Gasteiger charge is 2.26. The summed E-state index contributed by atoms with van der Waals surface area (Å²) in [6, 6.07) is 8.77. The van der Waals surface area contributed by atoms with Gasteiger partial charge in [-0.1, -0.05) is 0 Å². The van der Waals surface area contributed by atoms with Crippen molar-refractivity contribution in [1.82, 2.24) is 19.8 Å². The average molecular weight is 424 g/mol. The van der Waals surface area contributed by atoms with E-state index in [2.05, 4.69) is 70.3 Å². The van der Waals surface area contributed by atoms with Gasteiger partial charge in [0, 0.05) is 75.4 Å². The number of amides is 1. The van der Waals surface area contributed by atoms with E-state index in [-0.39, 0.29) is 5.91 Å². The molecule has 1 unspecified atom stereocenters. The normalized spacial score (nSPS) is 17.1. The second kappa shape index (κ2) is 9.09. The Morgan fingerprint density at radius 2 is 1.84 bits per heavy atom. The van der Waals surface area contributed by atoms with Crippen molar-refractivity contribution in [3.63, 3.8) is 0 Å². The molecule has 0 bridgehead atoms. The second-order valence-corrected chi connectivity index (χ2v) is 8.76. The Labute approximate surface area is 184 Å². The Kier molecular flexibility index (Phi) is 6.27. The third-order valence-electron chi connectivity index (χ3n) is 6.11. The van der Waals surface area contributed by atoms with Crippen molar-refractivity contribution in [2.75, 3.05) is 68.5 Å². The molecule has 0 spiro atoms. The monoisotopic (exact) mass is 423 g/mol. The molecular weight excluding hydrogens is 390 g/mol. The van der Waals surface area contributed by atoms with Crippen LogP contribution in [0.4, 0.5) is 23.1 Å². The maximum absolute atomic E-state index is 11.5. The SMILES string of the molecule is CC(=O)N1CCN(c2ccc(Nc3ncc4c(n3)N(C(C)CN(C)C)CC4)cc2)CC1. The van der Waals surface area contributed by atoms with Gasteiger partial charge in [0.05, 0.1) is 0 Å². The van der Waals surface area contributed by atoms with Crippen LogP contribution in [0.25, 0.3) is 0 Å². The predicted molar refractivity (Wildman–Crippen MR) is 125 cm³/mol. The quantitative estimate of drug-likeness (QED) is 0.764. The summed E-state index contributed by atoms with van der Waals surface area (Å²) in [5, 5.41) is 3.36. The molecule has 1 N–H and O–H groups in total. The van der Waals surface area contributed by atoms with Gasteiger partial charge in [-0.25, -0.2) is 4.98 Å². The number of carbonyl (C=O) groups excluding carboxylic acids is 1. The maximum Gasteiger partial charge on any atom is 0.229 e. The van der Waals surface area contributed by atoms with Crippen LogP contribution in [-0.2, 0) is 11.2 Å². The van der Waals surface area contributed by atoms with E-state index < -0.39 is 0 Å². The second-order valence-electron chi connectivity index (χ2n) is 8.76. The fraction of sp³-hybridized carbons (Fsp3) is 0.522. The minimum Gasteiger partial charge on any atom is -0.368 e. The molecule has 1 aromatic heterocycles. The largest absolute Gasteiger partial charge is 0.368 e. The van der Waals surface area contributed by atoms with Crippen LogP contribution in [0.15, 0.2) is 30.5 Å². The Bertz CT molecular complexity index is 907. The molecule has 0 radical (unpaired) electrons. The smallest absolute Gasteiger partial charge is 0.229 e. The summed E-state index contributed by atoms with van der Waals surface area (Å²) in [4.78, 5) is 29.7. The van der Waals surface area contributed by atoms with E-state index in [1.54, 1.807) is 6.92 Å². The maximum atomic E-state index is 11.5. The first kappa shape index (κ1) is 21.4. The number of aromatic nitrogens is 2. The van der Waals surface area contributed by atoms with E-state index in [4.69, 9.17) is 4.98 Å². The zero-order chi connectivity index (χ0) is 22.0. The van der Waals surface area contributed by atoms with Gasteiger partial charge in [0.2, 0.25) is 11.9 Å². The van der Waals surface area contributed by atoms with Gasteiger partial charge in [-0.15, -0.1) is 0 Å². The molecule has 1 fully saturated rings. The van der Waals surface area contributed by atoms with Crippen LogP contribution in [0.2, 0.25) is 0 Å². The molecule has 4 rings (SSSR count). The number of hydrogen-bond acceptors (Lipinski definition) is 7. The highest BCUT2D eigenvalue weighted by atomic mass is 16.2. The summed E-state index contributed by atoms with van der Waals surface area (Å²) in [6.07, 6.45) is 2.95. The number of hydrogen-bond donors (Lipinski definition) is 1. The number of likely N-dealkylation sites (N-methyl/N-ethyl adjacent to an activating group) is 1. The van der Waals surface area contributed by atoms with Crippen LogP contribution in [0.5, 0.6) is 0 Å². The van der Waals surface area contributed by atoms with Crippen molar-refractivity contribution in [3.8, 4) is 0 Å². The lowest BCUT2D eigenvalue weighted by Crippen LogP contribution is -2.48. The molecule has 2 aromatic rings. The summed E-state index contributed by atoms with van der Waals surface area (Å²) >= 11 is 0. The predicted octanol–water partition coefficient (Wildman–Crippen LogP) is 2.20. The molecular formula is C23H33N7O. The van der Waals surface area contributed by atoms with E-state index in [1.165, 1.54) is 11.3 Å². The van der Waals surface area contributed by atoms with Crippen molar-refractivity contribution in [2.24, 2.45) is 0 Å². The van der Waals surface area contributed by atoms with Crippen LogP contribution < -0.4 is 15.1 Å². The molecule has 1 aromatic carbocycles. The van der Waals surface area contributed by atoms with Crippen molar-refractivity contribution in [2.45, 2.75) is 26.3 Å². The summed E-state index contributed by atoms with van der Waals surface area (Å²) in [5.41, 5.74) is 3.36. The molecule has 2 aliphatic rings. The average Bonchev–Trinajstić information content (AvgIpc) is 3.17. The first-order valence-electron chi connectivity index (χ1n) is 11.1. The van der Waals surface area contributed by atoms with Gasteiger partial charge in [0.1, 0.15) is 5.82 Å². The van der Waals surface area contributed by atoms with Crippen LogP contribution in [0.1, 0.15) is 19.4 Å². The molecule has 3 heterocycles. The van der Waals surface area contributed by atoms with Gasteiger partial charge in [-0.05, 0) is 51.7 Å². The van der Waals surface area contributed by atoms with E-state index in [0.29, 0.717) is 12.0 Å². The molecule has 1 saturated heterocycles. The molecule has 8 heteroatoms. The topological polar surface area (TPSA) is 67.8 Å². The van der Waals surface area contributed by atoms with Crippen LogP contribution >= 0.6 is 0 Å². The van der Waals surface area contributed by atoms with Crippen molar-refractivity contribution in [1.29, 1.82) is 0 Å². The number of carbonyl (C=O) groups is 1.